The molecule has 0 unspecified atom stereocenters. The summed E-state index contributed by atoms with van der Waals surface area (Å²) >= 11 is 0. The number of benzene rings is 2. The number of nitrogens with zero attached hydrogens (tertiary/aromatic N) is 2. The lowest BCUT2D eigenvalue weighted by Crippen LogP contribution is -1.87. The van der Waals surface area contributed by atoms with E-state index in [0.717, 1.165) is 27.9 Å². The smallest absolute Gasteiger partial charge is 0.119 e. The van der Waals surface area contributed by atoms with Crippen molar-refractivity contribution in [2.75, 3.05) is 7.11 Å². The van der Waals surface area contributed by atoms with Gasteiger partial charge in [-0.3, -0.25) is 0 Å². The molecule has 4 aromatic rings. The maximum absolute atomic E-state index is 5.27. The van der Waals surface area contributed by atoms with Gasteiger partial charge in [0.15, 0.2) is 0 Å². The van der Waals surface area contributed by atoms with Gasteiger partial charge < -0.3 is 9.30 Å². The van der Waals surface area contributed by atoms with E-state index < -0.39 is 0 Å². The Balaban J connectivity index is 1.93. The highest BCUT2D eigenvalue weighted by Crippen LogP contribution is 2.30. The number of aromatic nitrogens is 2. The third-order valence-electron chi connectivity index (χ3n) is 4.07. The van der Waals surface area contributed by atoms with E-state index in [-0.39, 0.29) is 0 Å². The Kier molecular flexibility index (Phi) is 2.86. The minimum atomic E-state index is 0.854. The first-order chi connectivity index (χ1) is 10.8. The number of rotatable bonds is 2. The third kappa shape index (κ3) is 1.94. The van der Waals surface area contributed by atoms with Gasteiger partial charge in [0.05, 0.1) is 18.3 Å². The van der Waals surface area contributed by atoms with Crippen LogP contribution in [0.1, 0.15) is 0 Å². The molecule has 3 heteroatoms. The first kappa shape index (κ1) is 12.9. The molecule has 22 heavy (non-hydrogen) atoms. The molecule has 0 aliphatic heterocycles. The first-order valence-corrected chi connectivity index (χ1v) is 7.25. The maximum Gasteiger partial charge on any atom is 0.119 e. The predicted molar refractivity (Wildman–Crippen MR) is 90.2 cm³/mol. The van der Waals surface area contributed by atoms with E-state index in [1.54, 1.807) is 7.11 Å². The summed E-state index contributed by atoms with van der Waals surface area (Å²) in [5.74, 6) is 0.854. The molecule has 0 N–H and O–H groups in total. The van der Waals surface area contributed by atoms with Gasteiger partial charge >= 0.3 is 0 Å². The van der Waals surface area contributed by atoms with Crippen LogP contribution in [0.2, 0.25) is 0 Å². The van der Waals surface area contributed by atoms with E-state index >= 15 is 0 Å². The molecule has 0 saturated carbocycles. The lowest BCUT2D eigenvalue weighted by Gasteiger charge is -2.04. The Morgan fingerprint density at radius 3 is 2.73 bits per heavy atom. The number of hydrogen-bond acceptors (Lipinski definition) is 2. The van der Waals surface area contributed by atoms with Crippen molar-refractivity contribution in [1.29, 1.82) is 0 Å². The Labute approximate surface area is 128 Å². The fraction of sp³-hybridized carbons (Fsp3) is 0.105. The van der Waals surface area contributed by atoms with Crippen LogP contribution in [0.4, 0.5) is 0 Å². The molecule has 3 nitrogen and oxygen atoms in total. The average Bonchev–Trinajstić information content (AvgIpc) is 2.91. The van der Waals surface area contributed by atoms with Crippen LogP contribution in [0, 0.1) is 0 Å². The van der Waals surface area contributed by atoms with Gasteiger partial charge in [-0.1, -0.05) is 24.3 Å². The zero-order chi connectivity index (χ0) is 15.1. The molecule has 0 spiro atoms. The molecule has 0 fully saturated rings. The van der Waals surface area contributed by atoms with Crippen LogP contribution >= 0.6 is 0 Å². The molecule has 0 aliphatic carbocycles. The van der Waals surface area contributed by atoms with E-state index in [9.17, 15) is 0 Å². The molecular weight excluding hydrogens is 272 g/mol. The summed E-state index contributed by atoms with van der Waals surface area (Å²) in [5.41, 5.74) is 4.35. The average molecular weight is 288 g/mol. The second kappa shape index (κ2) is 4.88. The molecule has 2 aromatic carbocycles. The van der Waals surface area contributed by atoms with Crippen LogP contribution in [0.5, 0.6) is 5.75 Å². The van der Waals surface area contributed by atoms with Gasteiger partial charge in [-0.2, -0.15) is 0 Å². The maximum atomic E-state index is 5.27. The molecule has 0 atom stereocenters. The number of hydrogen-bond donors (Lipinski definition) is 0. The monoisotopic (exact) mass is 288 g/mol. The lowest BCUT2D eigenvalue weighted by atomic mass is 10.1. The van der Waals surface area contributed by atoms with Crippen molar-refractivity contribution in [3.63, 3.8) is 0 Å². The standard InChI is InChI=1S/C19H16N2O/c1-21-12-16(15-5-3-4-6-19(15)21)18-9-7-13-11-14(22-2)8-10-17(13)20-18/h3-12H,1-2H3. The fourth-order valence-corrected chi connectivity index (χ4v) is 2.93. The Bertz CT molecular complexity index is 985. The van der Waals surface area contributed by atoms with Crippen LogP contribution in [-0.2, 0) is 7.05 Å². The van der Waals surface area contributed by atoms with Crippen molar-refractivity contribution in [2.24, 2.45) is 7.05 Å². The van der Waals surface area contributed by atoms with Gasteiger partial charge in [0.2, 0.25) is 0 Å². The number of para-hydroxylation sites is 1. The highest BCUT2D eigenvalue weighted by molar-refractivity contribution is 5.96. The van der Waals surface area contributed by atoms with Crippen LogP contribution in [0.3, 0.4) is 0 Å². The van der Waals surface area contributed by atoms with Crippen LogP contribution in [-0.4, -0.2) is 16.7 Å². The number of aryl methyl sites for hydroxylation is 1. The van der Waals surface area contributed by atoms with E-state index in [1.165, 1.54) is 10.9 Å². The van der Waals surface area contributed by atoms with Crippen molar-refractivity contribution in [1.82, 2.24) is 9.55 Å². The summed E-state index contributed by atoms with van der Waals surface area (Å²) in [6.07, 6.45) is 2.14. The highest BCUT2D eigenvalue weighted by atomic mass is 16.5. The summed E-state index contributed by atoms with van der Waals surface area (Å²) < 4.78 is 7.41. The summed E-state index contributed by atoms with van der Waals surface area (Å²) in [7, 11) is 3.75. The van der Waals surface area contributed by atoms with Crippen molar-refractivity contribution in [3.8, 4) is 17.0 Å². The normalized spacial score (nSPS) is 11.2. The molecule has 2 heterocycles. The molecule has 0 bridgehead atoms. The van der Waals surface area contributed by atoms with Crippen LogP contribution < -0.4 is 4.74 Å². The van der Waals surface area contributed by atoms with Gasteiger partial charge in [-0.25, -0.2) is 4.98 Å². The molecule has 0 radical (unpaired) electrons. The Morgan fingerprint density at radius 2 is 1.86 bits per heavy atom. The van der Waals surface area contributed by atoms with Crippen molar-refractivity contribution in [2.45, 2.75) is 0 Å². The predicted octanol–water partition coefficient (Wildman–Crippen LogP) is 4.40. The van der Waals surface area contributed by atoms with Gasteiger partial charge in [0.1, 0.15) is 5.75 Å². The van der Waals surface area contributed by atoms with E-state index in [4.69, 9.17) is 9.72 Å². The molecule has 2 aromatic heterocycles. The quantitative estimate of drug-likeness (QED) is 0.546. The van der Waals surface area contributed by atoms with Crippen molar-refractivity contribution in [3.05, 3.63) is 60.8 Å². The minimum Gasteiger partial charge on any atom is -0.497 e. The molecule has 0 saturated heterocycles. The third-order valence-corrected chi connectivity index (χ3v) is 4.07. The number of fused-ring (bicyclic) bond motifs is 2. The fourth-order valence-electron chi connectivity index (χ4n) is 2.93. The van der Waals surface area contributed by atoms with E-state index in [1.807, 2.05) is 18.2 Å². The Hall–Kier alpha value is -2.81. The van der Waals surface area contributed by atoms with Gasteiger partial charge in [-0.05, 0) is 30.3 Å². The SMILES string of the molecule is COc1ccc2nc(-c3cn(C)c4ccccc34)ccc2c1. The number of pyridine rings is 1. The van der Waals surface area contributed by atoms with Gasteiger partial charge in [0, 0.05) is 35.1 Å². The first-order valence-electron chi connectivity index (χ1n) is 7.25. The van der Waals surface area contributed by atoms with Crippen LogP contribution in [0.25, 0.3) is 33.1 Å². The molecule has 108 valence electrons. The zero-order valence-electron chi connectivity index (χ0n) is 12.6. The van der Waals surface area contributed by atoms with E-state index in [2.05, 4.69) is 54.2 Å². The van der Waals surface area contributed by atoms with Gasteiger partial charge in [0.25, 0.3) is 0 Å². The van der Waals surface area contributed by atoms with Crippen molar-refractivity contribution < 1.29 is 4.74 Å². The molecule has 0 aliphatic rings. The van der Waals surface area contributed by atoms with E-state index in [0.29, 0.717) is 0 Å². The summed E-state index contributed by atoms with van der Waals surface area (Å²) in [6.45, 7) is 0. The largest absolute Gasteiger partial charge is 0.497 e. The summed E-state index contributed by atoms with van der Waals surface area (Å²) in [4.78, 5) is 4.82. The zero-order valence-corrected chi connectivity index (χ0v) is 12.6. The van der Waals surface area contributed by atoms with Gasteiger partial charge in [-0.15, -0.1) is 0 Å². The highest BCUT2D eigenvalue weighted by Gasteiger charge is 2.10. The lowest BCUT2D eigenvalue weighted by molar-refractivity contribution is 0.415. The number of ether oxygens (including phenoxy) is 1. The molecule has 4 rings (SSSR count). The summed E-state index contributed by atoms with van der Waals surface area (Å²) in [5, 5.41) is 2.31. The number of methoxy groups -OCH3 is 1. The minimum absolute atomic E-state index is 0.854. The van der Waals surface area contributed by atoms with Crippen molar-refractivity contribution >= 4 is 21.8 Å². The molecule has 0 amide bonds. The Morgan fingerprint density at radius 1 is 1.00 bits per heavy atom. The second-order valence-electron chi connectivity index (χ2n) is 5.43. The topological polar surface area (TPSA) is 27.1 Å². The second-order valence-corrected chi connectivity index (χ2v) is 5.43. The molecular formula is C19H16N2O. The van der Waals surface area contributed by atoms with Crippen LogP contribution in [0.15, 0.2) is 60.8 Å². The summed E-state index contributed by atoms with van der Waals surface area (Å²) in [6, 6.07) is 18.5.